The maximum Gasteiger partial charge on any atom is 0.0320 e. The zero-order valence-corrected chi connectivity index (χ0v) is 10.1. The number of nitrogens with one attached hydrogen (secondary N) is 1. The molecule has 0 aromatic heterocycles. The average molecular weight is 293 g/mol. The smallest absolute Gasteiger partial charge is 0.0320 e. The molecule has 0 saturated carbocycles. The van der Waals surface area contributed by atoms with Crippen LogP contribution in [0, 0.1) is 0 Å². The lowest BCUT2D eigenvalue weighted by molar-refractivity contribution is 0.726. The van der Waals surface area contributed by atoms with E-state index in [1.807, 2.05) is 0 Å². The average Bonchev–Trinajstić information content (AvgIpc) is 2.07. The van der Waals surface area contributed by atoms with Crippen molar-refractivity contribution in [2.24, 2.45) is 0 Å². The topological polar surface area (TPSA) is 12.0 Å². The first kappa shape index (κ1) is 10.2. The lowest BCUT2D eigenvalue weighted by Crippen LogP contribution is -2.11. The summed E-state index contributed by atoms with van der Waals surface area (Å²) in [6.07, 6.45) is 0. The molecule has 0 atom stereocenters. The second-order valence-corrected chi connectivity index (χ2v) is 4.24. The van der Waals surface area contributed by atoms with E-state index in [1.165, 1.54) is 5.56 Å². The molecule has 0 bridgehead atoms. The second-order valence-electron chi connectivity index (χ2n) is 2.53. The van der Waals surface area contributed by atoms with Crippen LogP contribution < -0.4 is 5.32 Å². The molecule has 1 aromatic carbocycles. The summed E-state index contributed by atoms with van der Waals surface area (Å²) in [7, 11) is 0. The number of hydrogen-bond donors (Lipinski definition) is 1. The molecule has 0 aliphatic carbocycles. The van der Waals surface area contributed by atoms with E-state index in [-0.39, 0.29) is 0 Å². The van der Waals surface area contributed by atoms with Crippen LogP contribution in [0.2, 0.25) is 0 Å². The van der Waals surface area contributed by atoms with Gasteiger partial charge in [-0.05, 0) is 56.1 Å². The molecule has 0 unspecified atom stereocenters. The lowest BCUT2D eigenvalue weighted by Gasteiger charge is -2.03. The summed E-state index contributed by atoms with van der Waals surface area (Å²) >= 11 is 6.89. The Hall–Kier alpha value is 0.140. The largest absolute Gasteiger partial charge is 0.313 e. The first-order chi connectivity index (χ1) is 5.74. The Balaban J connectivity index is 2.69. The lowest BCUT2D eigenvalue weighted by atomic mass is 10.2. The van der Waals surface area contributed by atoms with Gasteiger partial charge in [-0.15, -0.1) is 0 Å². The van der Waals surface area contributed by atoms with Crippen molar-refractivity contribution in [3.8, 4) is 0 Å². The minimum absolute atomic E-state index is 0.933. The van der Waals surface area contributed by atoms with Crippen LogP contribution >= 0.6 is 31.9 Å². The molecule has 0 spiro atoms. The fourth-order valence-electron chi connectivity index (χ4n) is 0.919. The molecule has 0 fully saturated rings. The Kier molecular flexibility index (Phi) is 4.26. The summed E-state index contributed by atoms with van der Waals surface area (Å²) < 4.78 is 2.21. The SMILES string of the molecule is CCNCc1ccc(Br)c(Br)c1. The molecule has 0 aliphatic rings. The van der Waals surface area contributed by atoms with Crippen molar-refractivity contribution in [1.82, 2.24) is 5.32 Å². The first-order valence-electron chi connectivity index (χ1n) is 3.88. The highest BCUT2D eigenvalue weighted by Gasteiger charge is 1.97. The van der Waals surface area contributed by atoms with Gasteiger partial charge in [0.25, 0.3) is 0 Å². The number of hydrogen-bond acceptors (Lipinski definition) is 1. The van der Waals surface area contributed by atoms with Gasteiger partial charge in [0.1, 0.15) is 0 Å². The van der Waals surface area contributed by atoms with Crippen molar-refractivity contribution in [1.29, 1.82) is 0 Å². The quantitative estimate of drug-likeness (QED) is 0.901. The molecule has 3 heteroatoms. The third-order valence-electron chi connectivity index (χ3n) is 1.56. The molecular weight excluding hydrogens is 282 g/mol. The maximum absolute atomic E-state index is 3.46. The molecule has 1 N–H and O–H groups in total. The van der Waals surface area contributed by atoms with Crippen molar-refractivity contribution >= 4 is 31.9 Å². The zero-order valence-electron chi connectivity index (χ0n) is 6.90. The number of rotatable bonds is 3. The third kappa shape index (κ3) is 2.88. The monoisotopic (exact) mass is 291 g/mol. The Morgan fingerprint density at radius 3 is 2.58 bits per heavy atom. The van der Waals surface area contributed by atoms with E-state index in [4.69, 9.17) is 0 Å². The van der Waals surface area contributed by atoms with E-state index >= 15 is 0 Å². The molecule has 1 nitrogen and oxygen atoms in total. The summed E-state index contributed by atoms with van der Waals surface area (Å²) in [5, 5.41) is 3.28. The summed E-state index contributed by atoms with van der Waals surface area (Å²) in [5.41, 5.74) is 1.30. The predicted octanol–water partition coefficient (Wildman–Crippen LogP) is 3.32. The van der Waals surface area contributed by atoms with Crippen molar-refractivity contribution in [3.05, 3.63) is 32.7 Å². The van der Waals surface area contributed by atoms with Crippen LogP contribution in [0.1, 0.15) is 12.5 Å². The van der Waals surface area contributed by atoms with Crippen LogP contribution in [0.3, 0.4) is 0 Å². The fourth-order valence-corrected chi connectivity index (χ4v) is 1.59. The van der Waals surface area contributed by atoms with E-state index in [0.29, 0.717) is 0 Å². The highest BCUT2D eigenvalue weighted by molar-refractivity contribution is 9.13. The van der Waals surface area contributed by atoms with E-state index < -0.39 is 0 Å². The van der Waals surface area contributed by atoms with Crippen molar-refractivity contribution < 1.29 is 0 Å². The summed E-state index contributed by atoms with van der Waals surface area (Å²) in [6, 6.07) is 6.28. The standard InChI is InChI=1S/C9H11Br2N/c1-2-12-6-7-3-4-8(10)9(11)5-7/h3-5,12H,2,6H2,1H3. The number of halogens is 2. The highest BCUT2D eigenvalue weighted by atomic mass is 79.9. The van der Waals surface area contributed by atoms with Gasteiger partial charge < -0.3 is 5.32 Å². The Morgan fingerprint density at radius 1 is 1.25 bits per heavy atom. The fraction of sp³-hybridized carbons (Fsp3) is 0.333. The van der Waals surface area contributed by atoms with E-state index in [1.54, 1.807) is 0 Å². The van der Waals surface area contributed by atoms with Gasteiger partial charge in [-0.1, -0.05) is 13.0 Å². The van der Waals surface area contributed by atoms with Crippen LogP contribution in [0.4, 0.5) is 0 Å². The van der Waals surface area contributed by atoms with Crippen LogP contribution in [0.15, 0.2) is 27.1 Å². The minimum atomic E-state index is 0.933. The van der Waals surface area contributed by atoms with E-state index in [9.17, 15) is 0 Å². The Labute approximate surface area is 89.8 Å². The summed E-state index contributed by atoms with van der Waals surface area (Å²) in [4.78, 5) is 0. The van der Waals surface area contributed by atoms with Crippen LogP contribution in [-0.2, 0) is 6.54 Å². The summed E-state index contributed by atoms with van der Waals surface area (Å²) in [5.74, 6) is 0. The van der Waals surface area contributed by atoms with E-state index in [2.05, 4.69) is 62.3 Å². The molecule has 0 heterocycles. The minimum Gasteiger partial charge on any atom is -0.313 e. The third-order valence-corrected chi connectivity index (χ3v) is 3.44. The van der Waals surface area contributed by atoms with Gasteiger partial charge in [-0.2, -0.15) is 0 Å². The van der Waals surface area contributed by atoms with Crippen molar-refractivity contribution in [2.45, 2.75) is 13.5 Å². The number of benzene rings is 1. The highest BCUT2D eigenvalue weighted by Crippen LogP contribution is 2.23. The normalized spacial score (nSPS) is 10.2. The van der Waals surface area contributed by atoms with Gasteiger partial charge in [0.2, 0.25) is 0 Å². The Bertz CT molecular complexity index is 261. The molecular formula is C9H11Br2N. The molecule has 0 amide bonds. The zero-order chi connectivity index (χ0) is 8.97. The molecule has 12 heavy (non-hydrogen) atoms. The van der Waals surface area contributed by atoms with E-state index in [0.717, 1.165) is 22.0 Å². The van der Waals surface area contributed by atoms with Crippen molar-refractivity contribution in [2.75, 3.05) is 6.54 Å². The molecule has 1 aromatic rings. The molecule has 0 radical (unpaired) electrons. The van der Waals surface area contributed by atoms with Gasteiger partial charge >= 0.3 is 0 Å². The predicted molar refractivity (Wildman–Crippen MR) is 59.2 cm³/mol. The molecule has 66 valence electrons. The van der Waals surface area contributed by atoms with Crippen LogP contribution in [0.5, 0.6) is 0 Å². The molecule has 0 saturated heterocycles. The van der Waals surface area contributed by atoms with Gasteiger partial charge in [0, 0.05) is 15.5 Å². The van der Waals surface area contributed by atoms with Crippen LogP contribution in [-0.4, -0.2) is 6.54 Å². The van der Waals surface area contributed by atoms with Gasteiger partial charge in [-0.3, -0.25) is 0 Å². The molecule has 1 rings (SSSR count). The first-order valence-corrected chi connectivity index (χ1v) is 5.47. The summed E-state index contributed by atoms with van der Waals surface area (Å²) in [6.45, 7) is 4.05. The van der Waals surface area contributed by atoms with Gasteiger partial charge in [0.05, 0.1) is 0 Å². The Morgan fingerprint density at radius 2 is 2.00 bits per heavy atom. The van der Waals surface area contributed by atoms with Gasteiger partial charge in [-0.25, -0.2) is 0 Å². The van der Waals surface area contributed by atoms with Crippen molar-refractivity contribution in [3.63, 3.8) is 0 Å². The second kappa shape index (κ2) is 5.00. The maximum atomic E-state index is 3.46. The van der Waals surface area contributed by atoms with Gasteiger partial charge in [0.15, 0.2) is 0 Å². The molecule has 0 aliphatic heterocycles. The van der Waals surface area contributed by atoms with Crippen LogP contribution in [0.25, 0.3) is 0 Å².